The maximum atomic E-state index is 6.08. The number of furan rings is 1. The zero-order valence-corrected chi connectivity index (χ0v) is 31.3. The van der Waals surface area contributed by atoms with E-state index in [1.165, 1.54) is 15.9 Å². The molecule has 0 amide bonds. The Morgan fingerprint density at radius 3 is 2.16 bits per heavy atom. The summed E-state index contributed by atoms with van der Waals surface area (Å²) in [5, 5.41) is 4.93. The SMILES string of the molecule is CC(C)Cc1cc(-c2[c-]ccc3c2oc2ncccc23)ncc1[Si](C)(C)C.C[Si](C)(C)c1ccc(-c2[c-]cccc2)nc1.[Ir]. The third kappa shape index (κ3) is 7.70. The second-order valence-corrected chi connectivity index (χ2v) is 23.7. The van der Waals surface area contributed by atoms with Gasteiger partial charge in [0.1, 0.15) is 0 Å². The Morgan fingerprint density at radius 2 is 1.52 bits per heavy atom. The maximum absolute atomic E-state index is 6.08. The maximum Gasteiger partial charge on any atom is 0.216 e. The second-order valence-electron chi connectivity index (χ2n) is 13.6. The van der Waals surface area contributed by atoms with Crippen LogP contribution in [-0.4, -0.2) is 31.1 Å². The van der Waals surface area contributed by atoms with Gasteiger partial charge in [0.05, 0.1) is 21.7 Å². The molecule has 0 saturated carbocycles. The largest absolute Gasteiger partial charge is 0.486 e. The minimum atomic E-state index is -1.45. The van der Waals surface area contributed by atoms with E-state index in [0.29, 0.717) is 11.6 Å². The molecule has 229 valence electrons. The average Bonchev–Trinajstić information content (AvgIpc) is 3.36. The van der Waals surface area contributed by atoms with E-state index in [2.05, 4.69) is 99.6 Å². The van der Waals surface area contributed by atoms with Crippen molar-refractivity contribution in [2.24, 2.45) is 5.92 Å². The summed E-state index contributed by atoms with van der Waals surface area (Å²) < 4.78 is 6.08. The Bertz CT molecular complexity index is 1840. The van der Waals surface area contributed by atoms with Crippen LogP contribution < -0.4 is 10.4 Å². The van der Waals surface area contributed by atoms with E-state index in [1.54, 1.807) is 6.20 Å². The van der Waals surface area contributed by atoms with Crippen molar-refractivity contribution in [3.8, 4) is 22.5 Å². The van der Waals surface area contributed by atoms with Gasteiger partial charge in [-0.05, 0) is 46.2 Å². The first-order valence-electron chi connectivity index (χ1n) is 15.0. The van der Waals surface area contributed by atoms with E-state index in [9.17, 15) is 0 Å². The van der Waals surface area contributed by atoms with Crippen LogP contribution in [0.2, 0.25) is 39.3 Å². The third-order valence-corrected chi connectivity index (χ3v) is 11.6. The molecule has 44 heavy (non-hydrogen) atoms. The van der Waals surface area contributed by atoms with Crippen molar-refractivity contribution < 1.29 is 24.5 Å². The molecule has 0 aliphatic rings. The fourth-order valence-electron chi connectivity index (χ4n) is 5.23. The molecule has 0 bridgehead atoms. The first kappa shape index (κ1) is 33.7. The molecule has 0 unspecified atom stereocenters. The molecule has 6 aromatic rings. The summed E-state index contributed by atoms with van der Waals surface area (Å²) >= 11 is 0. The van der Waals surface area contributed by atoms with Crippen LogP contribution in [0.5, 0.6) is 0 Å². The number of rotatable bonds is 6. The van der Waals surface area contributed by atoms with Gasteiger partial charge in [0.25, 0.3) is 0 Å². The summed E-state index contributed by atoms with van der Waals surface area (Å²) in [6.07, 6.45) is 6.93. The van der Waals surface area contributed by atoms with Crippen molar-refractivity contribution in [2.75, 3.05) is 0 Å². The van der Waals surface area contributed by atoms with Gasteiger partial charge in [-0.25, -0.2) is 4.98 Å². The number of benzene rings is 2. The van der Waals surface area contributed by atoms with Gasteiger partial charge in [-0.15, -0.1) is 54.1 Å². The molecule has 0 spiro atoms. The third-order valence-electron chi connectivity index (χ3n) is 7.51. The summed E-state index contributed by atoms with van der Waals surface area (Å²) in [4.78, 5) is 13.7. The number of hydrogen-bond donors (Lipinski definition) is 0. The number of pyridine rings is 3. The van der Waals surface area contributed by atoms with Gasteiger partial charge in [0.15, 0.2) is 0 Å². The van der Waals surface area contributed by atoms with E-state index in [1.807, 2.05) is 54.7 Å². The number of hydrogen-bond acceptors (Lipinski definition) is 4. The van der Waals surface area contributed by atoms with Gasteiger partial charge in [-0.1, -0.05) is 87.8 Å². The Kier molecular flexibility index (Phi) is 10.6. The van der Waals surface area contributed by atoms with Gasteiger partial charge < -0.3 is 14.4 Å². The molecule has 4 aromatic heterocycles. The van der Waals surface area contributed by atoms with Crippen LogP contribution in [0.4, 0.5) is 0 Å². The topological polar surface area (TPSA) is 51.8 Å². The second kappa shape index (κ2) is 13.8. The summed E-state index contributed by atoms with van der Waals surface area (Å²) in [5.41, 5.74) is 6.79. The summed E-state index contributed by atoms with van der Waals surface area (Å²) in [7, 11) is -2.68. The molecule has 2 aromatic carbocycles. The van der Waals surface area contributed by atoms with Crippen LogP contribution in [0.1, 0.15) is 19.4 Å². The molecular formula is C37H41IrN3OSi2-2. The Hall–Kier alpha value is -3.23. The smallest absolute Gasteiger partial charge is 0.216 e. The van der Waals surface area contributed by atoms with E-state index in [0.717, 1.165) is 45.3 Å². The van der Waals surface area contributed by atoms with E-state index in [-0.39, 0.29) is 20.1 Å². The van der Waals surface area contributed by atoms with E-state index < -0.39 is 16.1 Å². The zero-order valence-electron chi connectivity index (χ0n) is 27.0. The fourth-order valence-corrected chi connectivity index (χ4v) is 7.86. The molecule has 6 rings (SSSR count). The fraction of sp³-hybridized carbons (Fsp3) is 0.270. The minimum Gasteiger partial charge on any atom is -0.486 e. The molecule has 0 atom stereocenters. The molecular weight excluding hydrogens is 751 g/mol. The molecule has 0 saturated heterocycles. The summed E-state index contributed by atoms with van der Waals surface area (Å²) in [5.74, 6) is 0.602. The number of aromatic nitrogens is 3. The molecule has 4 nitrogen and oxygen atoms in total. The van der Waals surface area contributed by atoms with Crippen molar-refractivity contribution in [1.82, 2.24) is 15.0 Å². The Morgan fingerprint density at radius 1 is 0.750 bits per heavy atom. The summed E-state index contributed by atoms with van der Waals surface area (Å²) in [6.45, 7) is 18.7. The summed E-state index contributed by atoms with van der Waals surface area (Å²) in [6, 6.07) is 29.0. The Labute approximate surface area is 277 Å². The van der Waals surface area contributed by atoms with Crippen molar-refractivity contribution in [3.63, 3.8) is 0 Å². The molecule has 0 aliphatic heterocycles. The molecule has 0 fully saturated rings. The van der Waals surface area contributed by atoms with Crippen molar-refractivity contribution in [2.45, 2.75) is 59.6 Å². The van der Waals surface area contributed by atoms with Gasteiger partial charge >= 0.3 is 0 Å². The number of nitrogens with zero attached hydrogens (tertiary/aromatic N) is 3. The average molecular weight is 792 g/mol. The Balaban J connectivity index is 0.000000223. The molecule has 0 N–H and O–H groups in total. The van der Waals surface area contributed by atoms with Crippen LogP contribution in [0.25, 0.3) is 44.6 Å². The van der Waals surface area contributed by atoms with Crippen molar-refractivity contribution in [3.05, 3.63) is 103 Å². The first-order chi connectivity index (χ1) is 20.4. The van der Waals surface area contributed by atoms with Gasteiger partial charge in [0, 0.05) is 44.1 Å². The molecule has 4 heterocycles. The zero-order chi connectivity index (χ0) is 30.8. The van der Waals surface area contributed by atoms with Crippen LogP contribution in [0, 0.1) is 18.1 Å². The van der Waals surface area contributed by atoms with Crippen molar-refractivity contribution in [1.29, 1.82) is 0 Å². The normalized spacial score (nSPS) is 11.8. The monoisotopic (exact) mass is 792 g/mol. The predicted octanol–water partition coefficient (Wildman–Crippen LogP) is 8.68. The minimum absolute atomic E-state index is 0. The molecule has 1 radical (unpaired) electrons. The van der Waals surface area contributed by atoms with Crippen LogP contribution in [0.15, 0.2) is 89.7 Å². The molecule has 7 heteroatoms. The van der Waals surface area contributed by atoms with E-state index in [4.69, 9.17) is 9.40 Å². The number of fused-ring (bicyclic) bond motifs is 3. The van der Waals surface area contributed by atoms with Crippen molar-refractivity contribution >= 4 is 48.6 Å². The van der Waals surface area contributed by atoms with Gasteiger partial charge in [0.2, 0.25) is 5.71 Å². The van der Waals surface area contributed by atoms with Gasteiger partial charge in [-0.3, -0.25) is 0 Å². The predicted molar refractivity (Wildman–Crippen MR) is 187 cm³/mol. The van der Waals surface area contributed by atoms with E-state index >= 15 is 0 Å². The van der Waals surface area contributed by atoms with Gasteiger partial charge in [-0.2, -0.15) is 0 Å². The van der Waals surface area contributed by atoms with Crippen LogP contribution in [0.3, 0.4) is 0 Å². The standard InChI is InChI=1S/C23H25N2OSi.C14H16NSi.Ir/c1-15(2)12-16-13-20(25-14-21(16)27(3,4)5)19-9-6-8-17-18-10-7-11-24-23(18)26-22(17)19;1-16(2,3)13-9-10-14(15-11-13)12-7-5-4-6-8-12;/h6-8,10-11,13-15H,12H2,1-5H3;4-7,9-11H,1-3H3;/q2*-1;. The quantitative estimate of drug-likeness (QED) is 0.125. The van der Waals surface area contributed by atoms with Crippen LogP contribution in [-0.2, 0) is 26.5 Å². The molecule has 0 aliphatic carbocycles. The van der Waals surface area contributed by atoms with Crippen LogP contribution >= 0.6 is 0 Å². The first-order valence-corrected chi connectivity index (χ1v) is 22.0.